The molecule has 0 atom stereocenters. The van der Waals surface area contributed by atoms with Gasteiger partial charge < -0.3 is 9.84 Å². The maximum absolute atomic E-state index is 13.4. The second-order valence-corrected chi connectivity index (χ2v) is 3.15. The van der Waals surface area contributed by atoms with Gasteiger partial charge in [0.25, 0.3) is 0 Å². The second-order valence-electron chi connectivity index (χ2n) is 3.15. The standard InChI is InChI=1S/C11H8FN3O/c12-10-5-8(6-13)1-2-11(10)14-7-9-3-4-16-15-9/h1-5,14H,7H2. The Morgan fingerprint density at radius 2 is 2.31 bits per heavy atom. The van der Waals surface area contributed by atoms with E-state index in [2.05, 4.69) is 15.0 Å². The highest BCUT2D eigenvalue weighted by Crippen LogP contribution is 2.15. The summed E-state index contributed by atoms with van der Waals surface area (Å²) in [7, 11) is 0. The van der Waals surface area contributed by atoms with Crippen LogP contribution in [0.4, 0.5) is 10.1 Å². The zero-order valence-corrected chi connectivity index (χ0v) is 8.27. The van der Waals surface area contributed by atoms with E-state index in [4.69, 9.17) is 5.26 Å². The van der Waals surface area contributed by atoms with Crippen molar-refractivity contribution >= 4 is 5.69 Å². The van der Waals surface area contributed by atoms with Gasteiger partial charge in [-0.15, -0.1) is 0 Å². The summed E-state index contributed by atoms with van der Waals surface area (Å²) >= 11 is 0. The summed E-state index contributed by atoms with van der Waals surface area (Å²) in [5, 5.41) is 15.1. The molecule has 0 unspecified atom stereocenters. The molecule has 0 radical (unpaired) electrons. The van der Waals surface area contributed by atoms with E-state index in [0.29, 0.717) is 23.5 Å². The Morgan fingerprint density at radius 1 is 1.44 bits per heavy atom. The van der Waals surface area contributed by atoms with Crippen LogP contribution in [0, 0.1) is 17.1 Å². The van der Waals surface area contributed by atoms with E-state index in [1.165, 1.54) is 18.4 Å². The van der Waals surface area contributed by atoms with Crippen molar-refractivity contribution in [1.82, 2.24) is 5.16 Å². The third-order valence-electron chi connectivity index (χ3n) is 2.05. The van der Waals surface area contributed by atoms with Crippen molar-refractivity contribution in [3.8, 4) is 6.07 Å². The molecule has 0 saturated heterocycles. The quantitative estimate of drug-likeness (QED) is 0.856. The summed E-state index contributed by atoms with van der Waals surface area (Å²) in [5.41, 5.74) is 1.32. The van der Waals surface area contributed by atoms with Crippen molar-refractivity contribution in [2.24, 2.45) is 0 Å². The summed E-state index contributed by atoms with van der Waals surface area (Å²) in [6, 6.07) is 7.82. The average molecular weight is 217 g/mol. The largest absolute Gasteiger partial charge is 0.377 e. The maximum Gasteiger partial charge on any atom is 0.147 e. The number of rotatable bonds is 3. The molecule has 0 aliphatic rings. The lowest BCUT2D eigenvalue weighted by molar-refractivity contribution is 0.412. The van der Waals surface area contributed by atoms with Crippen molar-refractivity contribution in [3.63, 3.8) is 0 Å². The number of nitrogens with one attached hydrogen (secondary N) is 1. The van der Waals surface area contributed by atoms with E-state index in [1.54, 1.807) is 12.1 Å². The number of hydrogen-bond donors (Lipinski definition) is 1. The van der Waals surface area contributed by atoms with Crippen LogP contribution in [-0.4, -0.2) is 5.16 Å². The highest BCUT2D eigenvalue weighted by Gasteiger charge is 2.03. The van der Waals surface area contributed by atoms with Crippen LogP contribution < -0.4 is 5.32 Å². The maximum atomic E-state index is 13.4. The zero-order chi connectivity index (χ0) is 11.4. The lowest BCUT2D eigenvalue weighted by Crippen LogP contribution is -2.01. The topological polar surface area (TPSA) is 61.9 Å². The van der Waals surface area contributed by atoms with E-state index in [1.807, 2.05) is 6.07 Å². The van der Waals surface area contributed by atoms with Gasteiger partial charge in [0, 0.05) is 6.07 Å². The molecule has 1 N–H and O–H groups in total. The van der Waals surface area contributed by atoms with E-state index in [0.717, 1.165) is 0 Å². The van der Waals surface area contributed by atoms with Crippen molar-refractivity contribution in [2.45, 2.75) is 6.54 Å². The summed E-state index contributed by atoms with van der Waals surface area (Å²) in [4.78, 5) is 0. The third-order valence-corrected chi connectivity index (χ3v) is 2.05. The fourth-order valence-corrected chi connectivity index (χ4v) is 1.24. The van der Waals surface area contributed by atoms with Gasteiger partial charge in [-0.25, -0.2) is 4.39 Å². The number of benzene rings is 1. The SMILES string of the molecule is N#Cc1ccc(NCc2ccon2)c(F)c1. The summed E-state index contributed by atoms with van der Waals surface area (Å²) in [6.07, 6.45) is 1.45. The van der Waals surface area contributed by atoms with Crippen molar-refractivity contribution in [3.05, 3.63) is 47.6 Å². The van der Waals surface area contributed by atoms with Gasteiger partial charge >= 0.3 is 0 Å². The number of halogens is 1. The van der Waals surface area contributed by atoms with Crippen molar-refractivity contribution in [2.75, 3.05) is 5.32 Å². The molecule has 1 heterocycles. The average Bonchev–Trinajstić information content (AvgIpc) is 2.80. The van der Waals surface area contributed by atoms with Gasteiger partial charge in [-0.2, -0.15) is 5.26 Å². The molecule has 0 saturated carbocycles. The third kappa shape index (κ3) is 2.17. The number of nitrogens with zero attached hydrogens (tertiary/aromatic N) is 2. The van der Waals surface area contributed by atoms with Crippen LogP contribution in [0.1, 0.15) is 11.3 Å². The Hall–Kier alpha value is -2.35. The van der Waals surface area contributed by atoms with E-state index < -0.39 is 5.82 Å². The normalized spacial score (nSPS) is 9.75. The fourth-order valence-electron chi connectivity index (χ4n) is 1.24. The van der Waals surface area contributed by atoms with Crippen LogP contribution in [0.25, 0.3) is 0 Å². The van der Waals surface area contributed by atoms with Crippen LogP contribution in [-0.2, 0) is 6.54 Å². The molecule has 1 aromatic heterocycles. The molecule has 0 spiro atoms. The van der Waals surface area contributed by atoms with Crippen molar-refractivity contribution in [1.29, 1.82) is 5.26 Å². The predicted molar refractivity (Wildman–Crippen MR) is 54.9 cm³/mol. The lowest BCUT2D eigenvalue weighted by atomic mass is 10.2. The molecule has 80 valence electrons. The minimum Gasteiger partial charge on any atom is -0.377 e. The molecule has 1 aromatic carbocycles. The van der Waals surface area contributed by atoms with Crippen LogP contribution in [0.2, 0.25) is 0 Å². The minimum atomic E-state index is -0.456. The molecule has 16 heavy (non-hydrogen) atoms. The molecule has 2 rings (SSSR count). The first-order chi connectivity index (χ1) is 7.79. The first-order valence-electron chi connectivity index (χ1n) is 4.62. The molecule has 0 amide bonds. The lowest BCUT2D eigenvalue weighted by Gasteiger charge is -2.05. The molecule has 0 aliphatic carbocycles. The highest BCUT2D eigenvalue weighted by atomic mass is 19.1. The minimum absolute atomic E-state index is 0.296. The van der Waals surface area contributed by atoms with Gasteiger partial charge in [-0.1, -0.05) is 5.16 Å². The molecular formula is C11H8FN3O. The second kappa shape index (κ2) is 4.45. The monoisotopic (exact) mass is 217 g/mol. The smallest absolute Gasteiger partial charge is 0.147 e. The van der Waals surface area contributed by atoms with Crippen LogP contribution in [0.3, 0.4) is 0 Å². The Bertz CT molecular complexity index is 517. The summed E-state index contributed by atoms with van der Waals surface area (Å²) < 4.78 is 18.1. The van der Waals surface area contributed by atoms with Gasteiger partial charge in [0.05, 0.1) is 23.9 Å². The Labute approximate surface area is 91.3 Å². The van der Waals surface area contributed by atoms with Gasteiger partial charge in [0.15, 0.2) is 0 Å². The molecular weight excluding hydrogens is 209 g/mol. The summed E-state index contributed by atoms with van der Waals surface area (Å²) in [6.45, 7) is 0.374. The van der Waals surface area contributed by atoms with E-state index >= 15 is 0 Å². The fraction of sp³-hybridized carbons (Fsp3) is 0.0909. The van der Waals surface area contributed by atoms with Crippen LogP contribution in [0.5, 0.6) is 0 Å². The Balaban J connectivity index is 2.08. The molecule has 5 heteroatoms. The van der Waals surface area contributed by atoms with Crippen molar-refractivity contribution < 1.29 is 8.91 Å². The number of anilines is 1. The molecule has 4 nitrogen and oxygen atoms in total. The van der Waals surface area contributed by atoms with E-state index in [-0.39, 0.29) is 0 Å². The summed E-state index contributed by atoms with van der Waals surface area (Å²) in [5.74, 6) is -0.456. The van der Waals surface area contributed by atoms with Gasteiger partial charge in [0.2, 0.25) is 0 Å². The predicted octanol–water partition coefficient (Wildman–Crippen LogP) is 2.30. The van der Waals surface area contributed by atoms with E-state index in [9.17, 15) is 4.39 Å². The molecule has 0 bridgehead atoms. The van der Waals surface area contributed by atoms with Gasteiger partial charge in [0.1, 0.15) is 17.8 Å². The highest BCUT2D eigenvalue weighted by molar-refractivity contribution is 5.48. The number of hydrogen-bond acceptors (Lipinski definition) is 4. The van der Waals surface area contributed by atoms with Crippen LogP contribution >= 0.6 is 0 Å². The van der Waals surface area contributed by atoms with Gasteiger partial charge in [-0.3, -0.25) is 0 Å². The number of nitriles is 1. The first-order valence-corrected chi connectivity index (χ1v) is 4.62. The zero-order valence-electron chi connectivity index (χ0n) is 8.27. The molecule has 0 aliphatic heterocycles. The first kappa shape index (κ1) is 10.2. The van der Waals surface area contributed by atoms with Gasteiger partial charge in [-0.05, 0) is 18.2 Å². The Kier molecular flexibility index (Phi) is 2.83. The molecule has 0 fully saturated rings. The number of aromatic nitrogens is 1. The Morgan fingerprint density at radius 3 is 2.94 bits per heavy atom. The molecule has 2 aromatic rings. The van der Waals surface area contributed by atoms with Crippen LogP contribution in [0.15, 0.2) is 35.1 Å².